The molecule has 180 valence electrons. The molecule has 1 saturated heterocycles. The molecule has 0 spiro atoms. The Morgan fingerprint density at radius 3 is 2.46 bits per heavy atom. The number of carboxylic acid groups (broad SMARTS) is 1. The number of benzene rings is 2. The molecule has 9 nitrogen and oxygen atoms in total. The van der Waals surface area contributed by atoms with E-state index >= 15 is 0 Å². The highest BCUT2D eigenvalue weighted by atomic mass is 32.2. The molecule has 0 atom stereocenters. The molecule has 0 radical (unpaired) electrons. The number of nitrogens with one attached hydrogen (secondary N) is 1. The Hall–Kier alpha value is -3.70. The summed E-state index contributed by atoms with van der Waals surface area (Å²) in [7, 11) is 0. The molecular weight excluding hydrogens is 490 g/mol. The van der Waals surface area contributed by atoms with E-state index in [4.69, 9.17) is 17.0 Å². The number of ether oxygens (including phenoxy) is 1. The molecule has 2 aliphatic heterocycles. The molecule has 0 saturated carbocycles. The van der Waals surface area contributed by atoms with Crippen molar-refractivity contribution in [3.8, 4) is 5.75 Å². The van der Waals surface area contributed by atoms with E-state index in [0.29, 0.717) is 29.3 Å². The molecule has 1 N–H and O–H groups in total. The van der Waals surface area contributed by atoms with Gasteiger partial charge in [-0.3, -0.25) is 24.2 Å². The van der Waals surface area contributed by atoms with Crippen molar-refractivity contribution in [2.75, 3.05) is 29.9 Å². The number of aliphatic carboxylic acids is 1. The maximum absolute atomic E-state index is 13.4. The third-order valence-corrected chi connectivity index (χ3v) is 6.74. The third kappa shape index (κ3) is 5.05. The number of thiocarbonyl (C=S) groups is 1. The van der Waals surface area contributed by atoms with Gasteiger partial charge in [-0.15, -0.1) is 0 Å². The van der Waals surface area contributed by atoms with Crippen LogP contribution in [0, 0.1) is 0 Å². The van der Waals surface area contributed by atoms with E-state index in [1.165, 1.54) is 4.90 Å². The number of carboxylic acids is 1. The van der Waals surface area contributed by atoms with Gasteiger partial charge in [0.25, 0.3) is 11.8 Å². The number of hydrogen-bond acceptors (Lipinski definition) is 8. The van der Waals surface area contributed by atoms with E-state index in [0.717, 1.165) is 16.7 Å². The summed E-state index contributed by atoms with van der Waals surface area (Å²) in [4.78, 5) is 52.6. The van der Waals surface area contributed by atoms with Crippen LogP contribution < -0.4 is 20.1 Å². The van der Waals surface area contributed by atoms with Crippen molar-refractivity contribution in [2.24, 2.45) is 0 Å². The fourth-order valence-electron chi connectivity index (χ4n) is 3.75. The summed E-state index contributed by atoms with van der Waals surface area (Å²) in [5.74, 6) is -2.09. The first-order valence-electron chi connectivity index (χ1n) is 10.7. The van der Waals surface area contributed by atoms with Crippen molar-refractivity contribution in [1.29, 1.82) is 0 Å². The lowest BCUT2D eigenvalue weighted by Gasteiger charge is -2.17. The number of para-hydroxylation sites is 1. The lowest BCUT2D eigenvalue weighted by Crippen LogP contribution is -2.36. The van der Waals surface area contributed by atoms with E-state index in [2.05, 4.69) is 5.32 Å². The Morgan fingerprint density at radius 2 is 1.77 bits per heavy atom. The Labute approximate surface area is 210 Å². The van der Waals surface area contributed by atoms with Crippen molar-refractivity contribution < 1.29 is 29.0 Å². The molecule has 0 aromatic heterocycles. The molecule has 2 heterocycles. The fraction of sp³-hybridized carbons (Fsp3) is 0.208. The van der Waals surface area contributed by atoms with Crippen molar-refractivity contribution in [2.45, 2.75) is 13.3 Å². The Kier molecular flexibility index (Phi) is 7.17. The number of fused-ring (bicyclic) bond motifs is 1. The molecule has 4 rings (SSSR count). The van der Waals surface area contributed by atoms with Crippen molar-refractivity contribution >= 4 is 68.9 Å². The molecule has 11 heteroatoms. The third-order valence-electron chi connectivity index (χ3n) is 5.29. The second-order valence-electron chi connectivity index (χ2n) is 7.56. The van der Waals surface area contributed by atoms with Crippen LogP contribution in [0.15, 0.2) is 53.4 Å². The van der Waals surface area contributed by atoms with Crippen LogP contribution in [0.1, 0.15) is 18.9 Å². The molecule has 1 fully saturated rings. The van der Waals surface area contributed by atoms with E-state index in [1.54, 1.807) is 48.5 Å². The first-order valence-corrected chi connectivity index (χ1v) is 11.9. The molecule has 0 aliphatic carbocycles. The van der Waals surface area contributed by atoms with Gasteiger partial charge in [-0.05, 0) is 37.3 Å². The summed E-state index contributed by atoms with van der Waals surface area (Å²) in [5, 5.41) is 13.6. The molecule has 2 aromatic rings. The monoisotopic (exact) mass is 510 g/mol. The molecule has 35 heavy (non-hydrogen) atoms. The predicted molar refractivity (Wildman–Crippen MR) is 133 cm³/mol. The molecule has 0 bridgehead atoms. The summed E-state index contributed by atoms with van der Waals surface area (Å²) < 4.78 is 5.56. The van der Waals surface area contributed by atoms with Gasteiger partial charge in [0.1, 0.15) is 16.6 Å². The van der Waals surface area contributed by atoms with Gasteiger partial charge in [0.2, 0.25) is 5.91 Å². The van der Waals surface area contributed by atoms with Crippen LogP contribution in [0.3, 0.4) is 0 Å². The number of nitrogens with zero attached hydrogens (tertiary/aromatic N) is 2. The number of carbonyl (C=O) groups excluding carboxylic acids is 4. The van der Waals surface area contributed by atoms with Crippen LogP contribution in [0.4, 0.5) is 11.4 Å². The van der Waals surface area contributed by atoms with Crippen LogP contribution in [0.25, 0.3) is 5.57 Å². The number of thioether (sulfide) groups is 1. The maximum atomic E-state index is 13.4. The van der Waals surface area contributed by atoms with E-state index < -0.39 is 23.7 Å². The van der Waals surface area contributed by atoms with Crippen LogP contribution in [-0.4, -0.2) is 52.6 Å². The highest BCUT2D eigenvalue weighted by Gasteiger charge is 2.42. The number of amides is 3. The quantitative estimate of drug-likeness (QED) is 0.422. The highest BCUT2D eigenvalue weighted by molar-refractivity contribution is 8.26. The average molecular weight is 511 g/mol. The highest BCUT2D eigenvalue weighted by Crippen LogP contribution is 2.44. The molecule has 3 amide bonds. The van der Waals surface area contributed by atoms with Crippen LogP contribution in [0.5, 0.6) is 5.75 Å². The standard InChI is InChI=1S/C24H21N3O6S2/c1-2-33-15-9-7-14(8-10-15)25-18(28)13-27-17-6-4-3-5-16(17)20(22(27)31)21-23(32)26(24(34)35-21)12-11-19(29)30/h3-10H,2,11-13H2,1H3,(H,25,28)(H,29,30)/p-1/b21-20-. The second-order valence-corrected chi connectivity index (χ2v) is 9.21. The Balaban J connectivity index is 1.57. The average Bonchev–Trinajstić information content (AvgIpc) is 3.25. The van der Waals surface area contributed by atoms with Gasteiger partial charge < -0.3 is 20.0 Å². The maximum Gasteiger partial charge on any atom is 0.267 e. The van der Waals surface area contributed by atoms with Crippen molar-refractivity contribution in [1.82, 2.24) is 4.90 Å². The molecular formula is C24H20N3O6S2-. The SMILES string of the molecule is CCOc1ccc(NC(=O)CN2C(=O)/C(=C3\SC(=S)N(CCC(=O)[O-])C3=O)c3ccccc32)cc1. The normalized spacial score (nSPS) is 17.1. The van der Waals surface area contributed by atoms with Crippen molar-refractivity contribution in [3.05, 3.63) is 59.0 Å². The lowest BCUT2D eigenvalue weighted by atomic mass is 10.1. The predicted octanol–water partition coefficient (Wildman–Crippen LogP) is 1.78. The van der Waals surface area contributed by atoms with Crippen LogP contribution in [-0.2, 0) is 19.2 Å². The molecule has 2 aliphatic rings. The minimum atomic E-state index is -1.31. The van der Waals surface area contributed by atoms with Gasteiger partial charge >= 0.3 is 0 Å². The smallest absolute Gasteiger partial charge is 0.267 e. The van der Waals surface area contributed by atoms with Gasteiger partial charge in [-0.25, -0.2) is 0 Å². The van der Waals surface area contributed by atoms with Crippen LogP contribution in [0.2, 0.25) is 0 Å². The van der Waals surface area contributed by atoms with Gasteiger partial charge in [0, 0.05) is 30.2 Å². The first kappa shape index (κ1) is 24.4. The zero-order chi connectivity index (χ0) is 25.1. The number of anilines is 2. The lowest BCUT2D eigenvalue weighted by molar-refractivity contribution is -0.305. The zero-order valence-corrected chi connectivity index (χ0v) is 20.2. The van der Waals surface area contributed by atoms with Gasteiger partial charge in [0.15, 0.2) is 0 Å². The molecule has 2 aromatic carbocycles. The van der Waals surface area contributed by atoms with E-state index in [-0.39, 0.29) is 34.3 Å². The van der Waals surface area contributed by atoms with Gasteiger partial charge in [-0.2, -0.15) is 0 Å². The summed E-state index contributed by atoms with van der Waals surface area (Å²) >= 11 is 6.18. The zero-order valence-electron chi connectivity index (χ0n) is 18.6. The number of carbonyl (C=O) groups is 4. The Bertz CT molecular complexity index is 1260. The summed E-state index contributed by atoms with van der Waals surface area (Å²) in [6, 6.07) is 13.7. The topological polar surface area (TPSA) is 119 Å². The van der Waals surface area contributed by atoms with Gasteiger partial charge in [-0.1, -0.05) is 42.2 Å². The fourth-order valence-corrected chi connectivity index (χ4v) is 5.13. The van der Waals surface area contributed by atoms with Gasteiger partial charge in [0.05, 0.1) is 22.8 Å². The molecule has 0 unspecified atom stereocenters. The summed E-state index contributed by atoms with van der Waals surface area (Å²) in [6.07, 6.45) is -0.378. The minimum Gasteiger partial charge on any atom is -0.550 e. The number of rotatable bonds is 8. The summed E-state index contributed by atoms with van der Waals surface area (Å²) in [6.45, 7) is 1.99. The number of hydrogen-bond donors (Lipinski definition) is 1. The minimum absolute atomic E-state index is 0.111. The second kappa shape index (κ2) is 10.3. The van der Waals surface area contributed by atoms with Crippen molar-refractivity contribution in [3.63, 3.8) is 0 Å². The Morgan fingerprint density at radius 1 is 1.06 bits per heavy atom. The van der Waals surface area contributed by atoms with E-state index in [9.17, 15) is 24.3 Å². The van der Waals surface area contributed by atoms with Crippen LogP contribution >= 0.6 is 24.0 Å². The first-order chi connectivity index (χ1) is 16.8. The largest absolute Gasteiger partial charge is 0.550 e. The van der Waals surface area contributed by atoms with E-state index in [1.807, 2.05) is 6.92 Å². The summed E-state index contributed by atoms with van der Waals surface area (Å²) in [5.41, 5.74) is 1.69.